The molecule has 3 N–H and O–H groups in total. The molecule has 6 nitrogen and oxygen atoms in total. The van der Waals surface area contributed by atoms with Gasteiger partial charge in [0.15, 0.2) is 0 Å². The van der Waals surface area contributed by atoms with Gasteiger partial charge in [0.1, 0.15) is 5.76 Å². The van der Waals surface area contributed by atoms with Crippen LogP contribution in [0.1, 0.15) is 59.1 Å². The monoisotopic (exact) mass is 390 g/mol. The van der Waals surface area contributed by atoms with Crippen LogP contribution in [0.15, 0.2) is 22.8 Å². The average Bonchev–Trinajstić information content (AvgIpc) is 3.15. The molecule has 6 heteroatoms. The van der Waals surface area contributed by atoms with Gasteiger partial charge in [-0.05, 0) is 61.0 Å². The predicted molar refractivity (Wildman–Crippen MR) is 106 cm³/mol. The van der Waals surface area contributed by atoms with Crippen LogP contribution in [0.4, 0.5) is 0 Å². The maximum atomic E-state index is 12.7. The number of nitrogens with one attached hydrogen (secondary N) is 2. The van der Waals surface area contributed by atoms with E-state index in [1.165, 1.54) is 0 Å². The molecule has 2 fully saturated rings. The summed E-state index contributed by atoms with van der Waals surface area (Å²) in [6, 6.07) is 3.72. The maximum Gasteiger partial charge on any atom is 0.223 e. The summed E-state index contributed by atoms with van der Waals surface area (Å²) in [6.45, 7) is 8.22. The second-order valence-corrected chi connectivity index (χ2v) is 9.16. The van der Waals surface area contributed by atoms with Gasteiger partial charge in [-0.3, -0.25) is 9.59 Å². The lowest BCUT2D eigenvalue weighted by Gasteiger charge is -2.56. The van der Waals surface area contributed by atoms with Gasteiger partial charge in [-0.25, -0.2) is 0 Å². The topological polar surface area (TPSA) is 91.6 Å². The van der Waals surface area contributed by atoms with Gasteiger partial charge in [-0.1, -0.05) is 20.8 Å². The van der Waals surface area contributed by atoms with Gasteiger partial charge in [0.2, 0.25) is 11.8 Å². The van der Waals surface area contributed by atoms with Gasteiger partial charge in [-0.15, -0.1) is 0 Å². The lowest BCUT2D eigenvalue weighted by molar-refractivity contribution is -0.143. The lowest BCUT2D eigenvalue weighted by Crippen LogP contribution is -2.58. The highest BCUT2D eigenvalue weighted by atomic mass is 16.3. The number of aliphatic hydroxyl groups is 1. The minimum Gasteiger partial charge on any atom is -0.467 e. The number of rotatable bonds is 5. The quantitative estimate of drug-likeness (QED) is 0.721. The first-order valence-corrected chi connectivity index (χ1v) is 10.5. The summed E-state index contributed by atoms with van der Waals surface area (Å²) in [4.78, 5) is 24.3. The summed E-state index contributed by atoms with van der Waals surface area (Å²) in [5.74, 6) is 0.558. The molecular weight excluding hydrogens is 356 g/mol. The van der Waals surface area contributed by atoms with Crippen molar-refractivity contribution in [3.63, 3.8) is 0 Å². The van der Waals surface area contributed by atoms with Crippen molar-refractivity contribution < 1.29 is 19.1 Å². The van der Waals surface area contributed by atoms with E-state index in [2.05, 4.69) is 24.5 Å². The number of furan rings is 1. The second-order valence-electron chi connectivity index (χ2n) is 9.16. The molecule has 0 spiro atoms. The van der Waals surface area contributed by atoms with Crippen LogP contribution in [0.2, 0.25) is 0 Å². The molecule has 2 amide bonds. The minimum atomic E-state index is -0.547. The molecule has 2 aliphatic rings. The molecule has 0 aromatic carbocycles. The molecule has 156 valence electrons. The number of carbonyl (C=O) groups is 2. The van der Waals surface area contributed by atoms with Crippen LogP contribution in [0.25, 0.3) is 0 Å². The Morgan fingerprint density at radius 2 is 2.07 bits per heavy atom. The first-order valence-electron chi connectivity index (χ1n) is 10.5. The third-order valence-electron chi connectivity index (χ3n) is 7.35. The van der Waals surface area contributed by atoms with Crippen molar-refractivity contribution in [1.82, 2.24) is 10.6 Å². The molecule has 0 aliphatic heterocycles. The molecule has 1 unspecified atom stereocenters. The lowest BCUT2D eigenvalue weighted by atomic mass is 9.51. The molecule has 3 rings (SSSR count). The number of aliphatic hydroxyl groups excluding tert-OH is 1. The van der Waals surface area contributed by atoms with Crippen molar-refractivity contribution in [2.75, 3.05) is 0 Å². The number of amides is 2. The molecule has 1 heterocycles. The highest BCUT2D eigenvalue weighted by Crippen LogP contribution is 2.55. The van der Waals surface area contributed by atoms with Crippen molar-refractivity contribution in [2.24, 2.45) is 29.1 Å². The largest absolute Gasteiger partial charge is 0.467 e. The number of carbonyl (C=O) groups excluding carboxylic acids is 2. The van der Waals surface area contributed by atoms with Crippen LogP contribution in [0.3, 0.4) is 0 Å². The normalized spacial score (nSPS) is 36.2. The van der Waals surface area contributed by atoms with Gasteiger partial charge >= 0.3 is 0 Å². The Morgan fingerprint density at radius 3 is 2.71 bits per heavy atom. The Morgan fingerprint density at radius 1 is 1.36 bits per heavy atom. The van der Waals surface area contributed by atoms with Gasteiger partial charge in [-0.2, -0.15) is 0 Å². The maximum absolute atomic E-state index is 12.7. The zero-order valence-electron chi connectivity index (χ0n) is 17.4. The third kappa shape index (κ3) is 4.12. The van der Waals surface area contributed by atoms with E-state index in [0.717, 1.165) is 31.4 Å². The molecule has 2 aliphatic carbocycles. The molecule has 7 atom stereocenters. The summed E-state index contributed by atoms with van der Waals surface area (Å²) < 4.78 is 5.27. The molecular formula is C22H34N2O4. The summed E-state index contributed by atoms with van der Waals surface area (Å²) in [7, 11) is 0. The molecule has 1 aromatic heterocycles. The number of fused-ring (bicyclic) bond motifs is 1. The van der Waals surface area contributed by atoms with Crippen LogP contribution in [-0.2, 0) is 16.1 Å². The summed E-state index contributed by atoms with van der Waals surface area (Å²) in [5, 5.41) is 17.3. The zero-order chi connectivity index (χ0) is 20.5. The van der Waals surface area contributed by atoms with Crippen molar-refractivity contribution in [3.05, 3.63) is 24.2 Å². The van der Waals surface area contributed by atoms with Crippen molar-refractivity contribution >= 4 is 11.8 Å². The highest BCUT2D eigenvalue weighted by molar-refractivity contribution is 5.78. The first kappa shape index (κ1) is 20.9. The Labute approximate surface area is 167 Å². The van der Waals surface area contributed by atoms with Crippen molar-refractivity contribution in [1.29, 1.82) is 0 Å². The van der Waals surface area contributed by atoms with Gasteiger partial charge in [0.25, 0.3) is 0 Å². The van der Waals surface area contributed by atoms with E-state index >= 15 is 0 Å². The standard InChI is InChI=1S/C22H34N2O4/c1-13(21(27)23-12-16-6-5-11-28-16)17-7-9-22(4)10-8-18(24-15(3)25)14(2)19(22)20(17)26/h5-6,11,13-14,17-20,26H,7-10,12H2,1-4H3,(H,23,27)(H,24,25)/t13-,14+,17?,18-,19+,20-,22-/m0/s1. The molecule has 0 saturated heterocycles. The summed E-state index contributed by atoms with van der Waals surface area (Å²) in [5.41, 5.74) is 0.0642. The van der Waals surface area contributed by atoms with E-state index in [0.29, 0.717) is 6.54 Å². The van der Waals surface area contributed by atoms with Gasteiger partial charge in [0.05, 0.1) is 18.9 Å². The molecule has 0 bridgehead atoms. The smallest absolute Gasteiger partial charge is 0.223 e. The molecule has 1 aromatic rings. The van der Waals surface area contributed by atoms with Crippen LogP contribution in [0.5, 0.6) is 0 Å². The van der Waals surface area contributed by atoms with Crippen LogP contribution >= 0.6 is 0 Å². The Kier molecular flexibility index (Phi) is 6.18. The van der Waals surface area contributed by atoms with E-state index in [4.69, 9.17) is 4.42 Å². The van der Waals surface area contributed by atoms with Crippen LogP contribution in [0, 0.1) is 29.1 Å². The number of hydrogen-bond donors (Lipinski definition) is 3. The molecule has 0 radical (unpaired) electrons. The Bertz CT molecular complexity index is 689. The van der Waals surface area contributed by atoms with Gasteiger partial charge < -0.3 is 20.2 Å². The van der Waals surface area contributed by atoms with E-state index in [1.807, 2.05) is 13.0 Å². The van der Waals surface area contributed by atoms with Crippen LogP contribution in [-0.4, -0.2) is 29.1 Å². The van der Waals surface area contributed by atoms with Gasteiger partial charge in [0, 0.05) is 18.9 Å². The first-order chi connectivity index (χ1) is 13.2. The van der Waals surface area contributed by atoms with E-state index in [-0.39, 0.29) is 46.9 Å². The minimum absolute atomic E-state index is 0.0204. The Balaban J connectivity index is 1.68. The van der Waals surface area contributed by atoms with E-state index in [1.54, 1.807) is 19.3 Å². The number of hydrogen-bond acceptors (Lipinski definition) is 4. The fourth-order valence-corrected chi connectivity index (χ4v) is 5.70. The van der Waals surface area contributed by atoms with E-state index in [9.17, 15) is 14.7 Å². The zero-order valence-corrected chi connectivity index (χ0v) is 17.4. The Hall–Kier alpha value is -1.82. The SMILES string of the molecule is CC(=O)N[C@H]1CC[C@]2(C)CCC([C@H](C)C(=O)NCc3ccco3)[C@H](O)[C@H]2[C@@H]1C. The summed E-state index contributed by atoms with van der Waals surface area (Å²) in [6.07, 6.45) is 4.84. The van der Waals surface area contributed by atoms with Crippen molar-refractivity contribution in [3.8, 4) is 0 Å². The average molecular weight is 391 g/mol. The second kappa shape index (κ2) is 8.27. The van der Waals surface area contributed by atoms with E-state index < -0.39 is 6.10 Å². The predicted octanol–water partition coefficient (Wildman–Crippen LogP) is 2.86. The van der Waals surface area contributed by atoms with Crippen LogP contribution < -0.4 is 10.6 Å². The fraction of sp³-hybridized carbons (Fsp3) is 0.727. The summed E-state index contributed by atoms with van der Waals surface area (Å²) >= 11 is 0. The molecule has 2 saturated carbocycles. The molecule has 28 heavy (non-hydrogen) atoms. The third-order valence-corrected chi connectivity index (χ3v) is 7.35. The highest BCUT2D eigenvalue weighted by Gasteiger charge is 2.53. The fourth-order valence-electron chi connectivity index (χ4n) is 5.70. The van der Waals surface area contributed by atoms with Crippen molar-refractivity contribution in [2.45, 2.75) is 72.1 Å².